The number of nitrogens with zero attached hydrogens (tertiary/aromatic N) is 2. The van der Waals surface area contributed by atoms with Gasteiger partial charge in [-0.2, -0.15) is 0 Å². The van der Waals surface area contributed by atoms with Crippen molar-refractivity contribution >= 4 is 57.7 Å². The van der Waals surface area contributed by atoms with Crippen LogP contribution in [0.25, 0.3) is 17.3 Å². The molecule has 45 heavy (non-hydrogen) atoms. The van der Waals surface area contributed by atoms with Gasteiger partial charge in [-0.3, -0.25) is 19.4 Å². The predicted octanol–water partition coefficient (Wildman–Crippen LogP) is 6.74. The molecule has 1 atom stereocenters. The number of ether oxygens (including phenoxy) is 1. The number of hydrogen-bond acceptors (Lipinski definition) is 8. The summed E-state index contributed by atoms with van der Waals surface area (Å²) in [7, 11) is 1.61. The highest BCUT2D eigenvalue weighted by Gasteiger charge is 2.18. The Morgan fingerprint density at radius 1 is 0.933 bits per heavy atom. The van der Waals surface area contributed by atoms with Crippen molar-refractivity contribution in [3.63, 3.8) is 0 Å². The Morgan fingerprint density at radius 3 is 2.47 bits per heavy atom. The van der Waals surface area contributed by atoms with Gasteiger partial charge in [-0.1, -0.05) is 36.4 Å². The Morgan fingerprint density at radius 2 is 1.73 bits per heavy atom. The quantitative estimate of drug-likeness (QED) is 0.109. The predicted molar refractivity (Wildman–Crippen MR) is 179 cm³/mol. The molecule has 0 bridgehead atoms. The van der Waals surface area contributed by atoms with Crippen molar-refractivity contribution in [1.29, 1.82) is 0 Å². The minimum Gasteiger partial charge on any atom is -0.497 e. The molecule has 1 unspecified atom stereocenters. The second-order valence-electron chi connectivity index (χ2n) is 9.66. The van der Waals surface area contributed by atoms with Gasteiger partial charge in [0.2, 0.25) is 5.91 Å². The average molecular weight is 636 g/mol. The summed E-state index contributed by atoms with van der Waals surface area (Å²) in [4.78, 5) is 48.4. The van der Waals surface area contributed by atoms with Crippen LogP contribution < -0.4 is 20.7 Å². The maximum atomic E-state index is 13.2. The molecule has 0 radical (unpaired) electrons. The first kappa shape index (κ1) is 31.2. The SMILES string of the molecule is COc1cccc(-c2csc(NC(=O)C(C)Sc3ccc(NC(=O)/C(=C/c4cccnc4)NC(=O)c4ccccc4)cc3)n2)c1. The van der Waals surface area contributed by atoms with Gasteiger partial charge in [-0.05, 0) is 73.2 Å². The highest BCUT2D eigenvalue weighted by molar-refractivity contribution is 8.00. The third kappa shape index (κ3) is 8.65. The monoisotopic (exact) mass is 635 g/mol. The molecule has 0 aliphatic rings. The molecular formula is C34H29N5O4S2. The van der Waals surface area contributed by atoms with Gasteiger partial charge in [0.05, 0.1) is 18.1 Å². The fourth-order valence-electron chi connectivity index (χ4n) is 4.10. The fraction of sp³-hybridized carbons (Fsp3) is 0.0882. The van der Waals surface area contributed by atoms with E-state index >= 15 is 0 Å². The summed E-state index contributed by atoms with van der Waals surface area (Å²) >= 11 is 2.74. The highest BCUT2D eigenvalue weighted by atomic mass is 32.2. The number of thioether (sulfide) groups is 1. The molecule has 226 valence electrons. The molecule has 2 aromatic heterocycles. The zero-order valence-electron chi connectivity index (χ0n) is 24.4. The highest BCUT2D eigenvalue weighted by Crippen LogP contribution is 2.29. The minimum absolute atomic E-state index is 0.0670. The number of carbonyl (C=O) groups excluding carboxylic acids is 3. The number of thiazole rings is 1. The largest absolute Gasteiger partial charge is 0.497 e. The van der Waals surface area contributed by atoms with Crippen LogP contribution in [0.1, 0.15) is 22.8 Å². The summed E-state index contributed by atoms with van der Waals surface area (Å²) in [5.74, 6) is -0.344. The Bertz CT molecular complexity index is 1810. The van der Waals surface area contributed by atoms with E-state index in [2.05, 4.69) is 25.9 Å². The van der Waals surface area contributed by atoms with Crippen molar-refractivity contribution in [2.24, 2.45) is 0 Å². The lowest BCUT2D eigenvalue weighted by molar-refractivity contribution is -0.115. The third-order valence-corrected chi connectivity index (χ3v) is 8.29. The topological polar surface area (TPSA) is 122 Å². The van der Waals surface area contributed by atoms with Gasteiger partial charge in [0.1, 0.15) is 11.4 Å². The van der Waals surface area contributed by atoms with Gasteiger partial charge in [0.15, 0.2) is 5.13 Å². The van der Waals surface area contributed by atoms with Crippen molar-refractivity contribution in [3.8, 4) is 17.0 Å². The number of pyridine rings is 1. The molecule has 5 rings (SSSR count). The first-order valence-electron chi connectivity index (χ1n) is 13.8. The molecule has 0 aliphatic heterocycles. The maximum Gasteiger partial charge on any atom is 0.272 e. The molecule has 0 aliphatic carbocycles. The molecule has 0 fully saturated rings. The lowest BCUT2D eigenvalue weighted by Gasteiger charge is -2.13. The van der Waals surface area contributed by atoms with Gasteiger partial charge >= 0.3 is 0 Å². The van der Waals surface area contributed by atoms with Crippen LogP contribution in [-0.2, 0) is 9.59 Å². The first-order chi connectivity index (χ1) is 21.9. The smallest absolute Gasteiger partial charge is 0.272 e. The van der Waals surface area contributed by atoms with Crippen LogP contribution in [0, 0.1) is 0 Å². The zero-order valence-corrected chi connectivity index (χ0v) is 26.0. The maximum absolute atomic E-state index is 13.2. The van der Waals surface area contributed by atoms with Crippen LogP contribution in [-0.4, -0.2) is 40.0 Å². The standard InChI is InChI=1S/C34H29N5O4S2/c1-22(31(40)39-34-38-30(21-44-34)25-11-6-12-27(19-25)43-2)45-28-15-13-26(14-16-28)36-33(42)29(18-23-8-7-17-35-20-23)37-32(41)24-9-4-3-5-10-24/h3-22H,1-2H3,(H,36,42)(H,37,41)(H,38,39,40)/b29-18-. The van der Waals surface area contributed by atoms with E-state index in [1.54, 1.807) is 74.1 Å². The number of amides is 3. The Hall–Kier alpha value is -5.26. The van der Waals surface area contributed by atoms with Crippen molar-refractivity contribution in [2.75, 3.05) is 17.7 Å². The molecule has 3 N–H and O–H groups in total. The molecular weight excluding hydrogens is 607 g/mol. The van der Waals surface area contributed by atoms with E-state index < -0.39 is 17.1 Å². The van der Waals surface area contributed by atoms with Gasteiger partial charge in [-0.15, -0.1) is 23.1 Å². The van der Waals surface area contributed by atoms with E-state index in [-0.39, 0.29) is 11.6 Å². The van der Waals surface area contributed by atoms with Gasteiger partial charge in [-0.25, -0.2) is 4.98 Å². The number of methoxy groups -OCH3 is 1. The van der Waals surface area contributed by atoms with E-state index in [0.29, 0.717) is 21.9 Å². The van der Waals surface area contributed by atoms with E-state index in [0.717, 1.165) is 21.9 Å². The summed E-state index contributed by atoms with van der Waals surface area (Å²) in [5.41, 5.74) is 3.33. The van der Waals surface area contributed by atoms with Gasteiger partial charge in [0.25, 0.3) is 11.8 Å². The number of aromatic nitrogens is 2. The third-order valence-electron chi connectivity index (χ3n) is 6.42. The molecule has 5 aromatic rings. The van der Waals surface area contributed by atoms with Crippen LogP contribution in [0.4, 0.5) is 10.8 Å². The van der Waals surface area contributed by atoms with E-state index in [1.165, 1.54) is 23.1 Å². The molecule has 2 heterocycles. The number of carbonyl (C=O) groups is 3. The Labute approximate surface area is 268 Å². The molecule has 3 amide bonds. The van der Waals surface area contributed by atoms with Crippen molar-refractivity contribution in [1.82, 2.24) is 15.3 Å². The summed E-state index contributed by atoms with van der Waals surface area (Å²) < 4.78 is 5.29. The second kappa shape index (κ2) is 15.0. The van der Waals surface area contributed by atoms with Crippen LogP contribution >= 0.6 is 23.1 Å². The summed E-state index contributed by atoms with van der Waals surface area (Å²) in [6.45, 7) is 1.82. The molecule has 3 aromatic carbocycles. The van der Waals surface area contributed by atoms with E-state index in [1.807, 2.05) is 54.8 Å². The van der Waals surface area contributed by atoms with Crippen LogP contribution in [0.5, 0.6) is 5.75 Å². The number of hydrogen-bond donors (Lipinski definition) is 3. The summed E-state index contributed by atoms with van der Waals surface area (Å²) in [5, 5.41) is 10.4. The van der Waals surface area contributed by atoms with Crippen LogP contribution in [0.2, 0.25) is 0 Å². The average Bonchev–Trinajstić information content (AvgIpc) is 3.54. The van der Waals surface area contributed by atoms with E-state index in [9.17, 15) is 14.4 Å². The summed E-state index contributed by atoms with van der Waals surface area (Å²) in [6.07, 6.45) is 4.79. The second-order valence-corrected chi connectivity index (χ2v) is 11.9. The van der Waals surface area contributed by atoms with Gasteiger partial charge in [0, 0.05) is 39.5 Å². The number of benzene rings is 3. The van der Waals surface area contributed by atoms with E-state index in [4.69, 9.17) is 4.74 Å². The Kier molecular flexibility index (Phi) is 10.4. The normalized spacial score (nSPS) is 11.7. The summed E-state index contributed by atoms with van der Waals surface area (Å²) in [6, 6.07) is 26.9. The Balaban J connectivity index is 1.19. The lowest BCUT2D eigenvalue weighted by atomic mass is 10.2. The number of anilines is 2. The number of rotatable bonds is 11. The minimum atomic E-state index is -0.493. The molecule has 0 saturated carbocycles. The first-order valence-corrected chi connectivity index (χ1v) is 15.6. The number of nitrogens with one attached hydrogen (secondary N) is 3. The zero-order chi connectivity index (χ0) is 31.6. The lowest BCUT2D eigenvalue weighted by Crippen LogP contribution is -2.30. The fourth-order valence-corrected chi connectivity index (χ4v) is 5.69. The van der Waals surface area contributed by atoms with Crippen molar-refractivity contribution in [2.45, 2.75) is 17.1 Å². The van der Waals surface area contributed by atoms with Crippen molar-refractivity contribution in [3.05, 3.63) is 126 Å². The molecule has 0 spiro atoms. The molecule has 0 saturated heterocycles. The molecule has 11 heteroatoms. The van der Waals surface area contributed by atoms with Crippen LogP contribution in [0.15, 0.2) is 119 Å². The molecule has 9 nitrogen and oxygen atoms in total. The van der Waals surface area contributed by atoms with Gasteiger partial charge < -0.3 is 20.7 Å². The van der Waals surface area contributed by atoms with Crippen LogP contribution in [0.3, 0.4) is 0 Å². The van der Waals surface area contributed by atoms with Crippen molar-refractivity contribution < 1.29 is 19.1 Å².